The molecule has 0 spiro atoms. The van der Waals surface area contributed by atoms with Crippen molar-refractivity contribution in [2.75, 3.05) is 0 Å². The summed E-state index contributed by atoms with van der Waals surface area (Å²) in [5.41, 5.74) is 14.6. The number of rotatable bonds is 2. The van der Waals surface area contributed by atoms with E-state index in [9.17, 15) is 0 Å². The molecule has 4 atom stereocenters. The second-order valence-electron chi connectivity index (χ2n) is 15.1. The van der Waals surface area contributed by atoms with Gasteiger partial charge in [-0.15, -0.1) is 11.8 Å². The van der Waals surface area contributed by atoms with Gasteiger partial charge in [-0.1, -0.05) is 115 Å². The molecule has 0 radical (unpaired) electrons. The van der Waals surface area contributed by atoms with Crippen LogP contribution in [-0.4, -0.2) is 27.3 Å². The van der Waals surface area contributed by atoms with Crippen molar-refractivity contribution in [2.45, 2.75) is 41.4 Å². The van der Waals surface area contributed by atoms with E-state index in [0.29, 0.717) is 0 Å². The molecule has 6 aliphatic rings. The normalized spacial score (nSPS) is 23.0. The fourth-order valence-electron chi connectivity index (χ4n) is 10.1. The molecule has 2 N–H and O–H groups in total. The van der Waals surface area contributed by atoms with Gasteiger partial charge in [-0.05, 0) is 64.6 Å². The van der Waals surface area contributed by atoms with Crippen molar-refractivity contribution in [3.05, 3.63) is 167 Å². The summed E-state index contributed by atoms with van der Waals surface area (Å²) in [6, 6.07) is 38.6. The minimum absolute atomic E-state index is 0.0739. The summed E-state index contributed by atoms with van der Waals surface area (Å²) in [6.07, 6.45) is 14.9. The van der Waals surface area contributed by atoms with Crippen molar-refractivity contribution < 1.29 is 0 Å². The molecule has 5 nitrogen and oxygen atoms in total. The van der Waals surface area contributed by atoms with Crippen LogP contribution in [0.2, 0.25) is 0 Å². The number of aliphatic imine (C=N–C) groups is 2. The Bertz CT molecular complexity index is 3060. The molecule has 7 aromatic rings. The average Bonchev–Trinajstić information content (AvgIpc) is 3.88. The van der Waals surface area contributed by atoms with Crippen LogP contribution in [-0.2, 0) is 6.42 Å². The Balaban J connectivity index is 1.12. The fourth-order valence-corrected chi connectivity index (χ4v) is 11.5. The first-order valence-electron chi connectivity index (χ1n) is 19.0. The quantitative estimate of drug-likeness (QED) is 0.188. The minimum atomic E-state index is -0.332. The number of nitrogens with zero attached hydrogens (tertiary/aromatic N) is 3. The molecule has 0 bridgehead atoms. The molecule has 4 heterocycles. The summed E-state index contributed by atoms with van der Waals surface area (Å²) in [5, 5.41) is 15.7. The molecule has 6 aromatic carbocycles. The molecular weight excluding hydrogens is 679 g/mol. The lowest BCUT2D eigenvalue weighted by Gasteiger charge is -2.35. The van der Waals surface area contributed by atoms with Gasteiger partial charge in [0.1, 0.15) is 0 Å². The van der Waals surface area contributed by atoms with E-state index < -0.39 is 0 Å². The lowest BCUT2D eigenvalue weighted by atomic mass is 9.87. The van der Waals surface area contributed by atoms with E-state index in [-0.39, 0.29) is 23.6 Å². The van der Waals surface area contributed by atoms with Crippen LogP contribution in [0.15, 0.2) is 148 Å². The Kier molecular flexibility index (Phi) is 5.91. The Labute approximate surface area is 316 Å². The summed E-state index contributed by atoms with van der Waals surface area (Å²) in [5.74, 6) is 0. The lowest BCUT2D eigenvalue weighted by molar-refractivity contribution is 0.370. The molecule has 3 aliphatic heterocycles. The zero-order chi connectivity index (χ0) is 35.1. The first kappa shape index (κ1) is 29.5. The lowest BCUT2D eigenvalue weighted by Crippen LogP contribution is -2.42. The molecule has 0 saturated carbocycles. The van der Waals surface area contributed by atoms with Crippen molar-refractivity contribution in [1.82, 2.24) is 15.2 Å². The zero-order valence-electron chi connectivity index (χ0n) is 29.3. The summed E-state index contributed by atoms with van der Waals surface area (Å²) in [7, 11) is 0. The maximum atomic E-state index is 5.86. The van der Waals surface area contributed by atoms with Crippen molar-refractivity contribution >= 4 is 84.0 Å². The largest absolute Gasteiger partial charge is 0.371 e. The molecule has 54 heavy (non-hydrogen) atoms. The first-order chi connectivity index (χ1) is 26.8. The molecule has 256 valence electrons. The predicted molar refractivity (Wildman–Crippen MR) is 225 cm³/mol. The van der Waals surface area contributed by atoms with E-state index in [1.165, 1.54) is 87.3 Å². The number of nitrogens with one attached hydrogen (secondary N) is 2. The van der Waals surface area contributed by atoms with Crippen LogP contribution in [0.1, 0.15) is 52.1 Å². The molecule has 0 fully saturated rings. The second-order valence-corrected chi connectivity index (χ2v) is 16.3. The number of hydrogen-bond donors (Lipinski definition) is 2. The van der Waals surface area contributed by atoms with E-state index in [1.807, 2.05) is 11.8 Å². The first-order valence-corrected chi connectivity index (χ1v) is 19.9. The van der Waals surface area contributed by atoms with Crippen LogP contribution >= 0.6 is 11.8 Å². The smallest absolute Gasteiger partial charge is 0.181 e. The minimum Gasteiger partial charge on any atom is -0.371 e. The van der Waals surface area contributed by atoms with Gasteiger partial charge < -0.3 is 9.88 Å². The molecule has 1 aromatic heterocycles. The SMILES string of the molecule is C1=CC2=NC3=C(NC2C=C1)c1cccc2c1c3cc1c3c4ccccc4ccc3n(C3N=C(c4cccc5c4CCC=C5)C4Sc5ccccc5C4N3)c21. The van der Waals surface area contributed by atoms with Gasteiger partial charge in [-0.25, -0.2) is 9.98 Å². The van der Waals surface area contributed by atoms with Crippen LogP contribution < -0.4 is 10.6 Å². The van der Waals surface area contributed by atoms with E-state index in [1.54, 1.807) is 0 Å². The van der Waals surface area contributed by atoms with Crippen LogP contribution in [0.3, 0.4) is 0 Å². The monoisotopic (exact) mass is 711 g/mol. The van der Waals surface area contributed by atoms with E-state index in [0.717, 1.165) is 29.9 Å². The third-order valence-electron chi connectivity index (χ3n) is 12.4. The molecule has 0 amide bonds. The van der Waals surface area contributed by atoms with Crippen LogP contribution in [0.5, 0.6) is 0 Å². The van der Waals surface area contributed by atoms with Gasteiger partial charge in [-0.3, -0.25) is 5.32 Å². The number of fused-ring (bicyclic) bond motifs is 13. The Morgan fingerprint density at radius 1 is 0.759 bits per heavy atom. The fraction of sp³-hybridized carbons (Fsp3) is 0.125. The molecule has 6 heteroatoms. The maximum absolute atomic E-state index is 5.86. The Hall–Kier alpha value is -5.95. The highest BCUT2D eigenvalue weighted by Crippen LogP contribution is 2.52. The number of benzene rings is 6. The third kappa shape index (κ3) is 3.89. The van der Waals surface area contributed by atoms with Crippen molar-refractivity contribution in [1.29, 1.82) is 0 Å². The summed E-state index contributed by atoms with van der Waals surface area (Å²) in [4.78, 5) is 12.5. The van der Waals surface area contributed by atoms with Gasteiger partial charge in [0.15, 0.2) is 6.29 Å². The average molecular weight is 712 g/mol. The topological polar surface area (TPSA) is 53.7 Å². The number of hydrogen-bond acceptors (Lipinski definition) is 5. The second kappa shape index (κ2) is 10.8. The highest BCUT2D eigenvalue weighted by molar-refractivity contribution is 8.01. The standard InChI is InChI=1S/C48H33N5S/c1-3-14-28-26(11-1)13-9-17-30(28)44-47-45(31-16-5-8-22-39(31)54-47)52-48(51-44)53-38-24-23-27-12-2-4-15-29(27)41(38)35-25-34-40-32(18-10-19-33(40)46(35)53)42-43(34)50-37-21-7-6-20-36(37)49-42/h1-2,4-13,15-25,36,45,47-49,52H,3,14H2. The van der Waals surface area contributed by atoms with Crippen LogP contribution in [0, 0.1) is 0 Å². The highest BCUT2D eigenvalue weighted by atomic mass is 32.2. The van der Waals surface area contributed by atoms with Crippen LogP contribution in [0.25, 0.3) is 60.8 Å². The summed E-state index contributed by atoms with van der Waals surface area (Å²) < 4.78 is 2.53. The van der Waals surface area contributed by atoms with Gasteiger partial charge in [0, 0.05) is 43.1 Å². The van der Waals surface area contributed by atoms with Crippen molar-refractivity contribution in [3.8, 4) is 0 Å². The molecule has 13 rings (SSSR count). The Morgan fingerprint density at radius 3 is 2.65 bits per heavy atom. The van der Waals surface area contributed by atoms with Crippen molar-refractivity contribution in [3.63, 3.8) is 0 Å². The molecule has 0 saturated heterocycles. The Morgan fingerprint density at radius 2 is 1.65 bits per heavy atom. The number of aromatic nitrogens is 1. The van der Waals surface area contributed by atoms with E-state index in [4.69, 9.17) is 9.98 Å². The predicted octanol–water partition coefficient (Wildman–Crippen LogP) is 10.5. The van der Waals surface area contributed by atoms with Crippen molar-refractivity contribution in [2.24, 2.45) is 9.98 Å². The van der Waals surface area contributed by atoms with E-state index in [2.05, 4.69) is 155 Å². The number of thioether (sulfide) groups is 1. The zero-order valence-corrected chi connectivity index (χ0v) is 30.1. The van der Waals surface area contributed by atoms with Gasteiger partial charge in [0.05, 0.1) is 51.2 Å². The third-order valence-corrected chi connectivity index (χ3v) is 13.7. The van der Waals surface area contributed by atoms with E-state index >= 15 is 0 Å². The van der Waals surface area contributed by atoms with Gasteiger partial charge in [0.25, 0.3) is 0 Å². The number of allylic oxidation sites excluding steroid dienone is 3. The maximum Gasteiger partial charge on any atom is 0.181 e. The summed E-state index contributed by atoms with van der Waals surface area (Å²) in [6.45, 7) is 0. The highest BCUT2D eigenvalue weighted by Gasteiger charge is 2.43. The molecule has 4 unspecified atom stereocenters. The summed E-state index contributed by atoms with van der Waals surface area (Å²) >= 11 is 1.96. The van der Waals surface area contributed by atoms with Gasteiger partial charge in [-0.2, -0.15) is 0 Å². The molecule has 3 aliphatic carbocycles. The van der Waals surface area contributed by atoms with Crippen LogP contribution in [0.4, 0.5) is 0 Å². The van der Waals surface area contributed by atoms with Gasteiger partial charge in [0.2, 0.25) is 0 Å². The van der Waals surface area contributed by atoms with Gasteiger partial charge >= 0.3 is 0 Å². The molecular formula is C48H33N5S.